The van der Waals surface area contributed by atoms with Crippen LogP contribution in [0.5, 0.6) is 0 Å². The van der Waals surface area contributed by atoms with Crippen LogP contribution < -0.4 is 5.32 Å². The van der Waals surface area contributed by atoms with Gasteiger partial charge in [0.1, 0.15) is 5.82 Å². The molecule has 0 saturated carbocycles. The van der Waals surface area contributed by atoms with Crippen molar-refractivity contribution in [2.75, 3.05) is 11.9 Å². The third kappa shape index (κ3) is 4.17. The predicted molar refractivity (Wildman–Crippen MR) is 98.6 cm³/mol. The van der Waals surface area contributed by atoms with Gasteiger partial charge < -0.3 is 14.6 Å². The van der Waals surface area contributed by atoms with E-state index in [9.17, 15) is 18.4 Å². The van der Waals surface area contributed by atoms with Crippen molar-refractivity contribution in [3.8, 4) is 0 Å². The summed E-state index contributed by atoms with van der Waals surface area (Å²) in [7, 11) is 0. The third-order valence-corrected chi connectivity index (χ3v) is 4.90. The molecule has 0 fully saturated rings. The molecule has 0 saturated heterocycles. The average Bonchev–Trinajstić information content (AvgIpc) is 2.88. The van der Waals surface area contributed by atoms with Crippen LogP contribution in [0.4, 0.5) is 14.6 Å². The SMILES string of the molecule is C=CCn1c(NC(=O)c2cc(F)c(F)cc2Cl)c(C(=O)OCC)sc1=S. The van der Waals surface area contributed by atoms with Crippen molar-refractivity contribution < 1.29 is 23.1 Å². The number of benzene rings is 1. The summed E-state index contributed by atoms with van der Waals surface area (Å²) in [5, 5.41) is 2.20. The Labute approximate surface area is 161 Å². The molecule has 2 aromatic rings. The second-order valence-electron chi connectivity index (χ2n) is 4.87. The number of nitrogens with one attached hydrogen (secondary N) is 1. The van der Waals surface area contributed by atoms with E-state index in [0.717, 1.165) is 11.3 Å². The predicted octanol–water partition coefficient (Wildman–Crippen LogP) is 4.83. The molecule has 0 atom stereocenters. The number of carbonyl (C=O) groups is 2. The van der Waals surface area contributed by atoms with Crippen LogP contribution in [0.25, 0.3) is 0 Å². The lowest BCUT2D eigenvalue weighted by Crippen LogP contribution is -2.19. The van der Waals surface area contributed by atoms with Crippen molar-refractivity contribution in [3.05, 3.63) is 55.8 Å². The summed E-state index contributed by atoms with van der Waals surface area (Å²) in [6, 6.07) is 1.37. The van der Waals surface area contributed by atoms with Crippen LogP contribution in [0.1, 0.15) is 27.0 Å². The van der Waals surface area contributed by atoms with Crippen molar-refractivity contribution in [1.29, 1.82) is 0 Å². The third-order valence-electron chi connectivity index (χ3n) is 3.15. The number of rotatable bonds is 6. The molecule has 1 aromatic carbocycles. The Morgan fingerprint density at radius 1 is 1.42 bits per heavy atom. The lowest BCUT2D eigenvalue weighted by Gasteiger charge is -2.11. The first-order chi connectivity index (χ1) is 12.3. The summed E-state index contributed by atoms with van der Waals surface area (Å²) >= 11 is 12.0. The number of nitrogens with zero attached hydrogens (tertiary/aromatic N) is 1. The fraction of sp³-hybridized carbons (Fsp3) is 0.188. The summed E-state index contributed by atoms with van der Waals surface area (Å²) in [6.45, 7) is 5.58. The van der Waals surface area contributed by atoms with Crippen molar-refractivity contribution in [3.63, 3.8) is 0 Å². The highest BCUT2D eigenvalue weighted by Crippen LogP contribution is 2.28. The van der Waals surface area contributed by atoms with Crippen molar-refractivity contribution >= 4 is 52.8 Å². The minimum absolute atomic E-state index is 0.0733. The summed E-state index contributed by atoms with van der Waals surface area (Å²) in [4.78, 5) is 24.7. The average molecular weight is 419 g/mol. The number of hydrogen-bond acceptors (Lipinski definition) is 5. The molecule has 0 bridgehead atoms. The first kappa shape index (κ1) is 20.2. The fourth-order valence-corrected chi connectivity index (χ4v) is 3.53. The van der Waals surface area contributed by atoms with E-state index in [1.54, 1.807) is 6.92 Å². The number of aromatic nitrogens is 1. The number of thiazole rings is 1. The van der Waals surface area contributed by atoms with E-state index in [0.29, 0.717) is 16.1 Å². The molecule has 0 spiro atoms. The largest absolute Gasteiger partial charge is 0.462 e. The van der Waals surface area contributed by atoms with E-state index in [1.807, 2.05) is 0 Å². The molecule has 0 radical (unpaired) electrons. The smallest absolute Gasteiger partial charge is 0.352 e. The molecule has 138 valence electrons. The molecule has 26 heavy (non-hydrogen) atoms. The van der Waals surface area contributed by atoms with Crippen LogP contribution in [-0.4, -0.2) is 23.1 Å². The number of esters is 1. The molecule has 0 unspecified atom stereocenters. The van der Waals surface area contributed by atoms with Crippen molar-refractivity contribution in [1.82, 2.24) is 4.57 Å². The van der Waals surface area contributed by atoms with Gasteiger partial charge in [0.25, 0.3) is 5.91 Å². The van der Waals surface area contributed by atoms with Gasteiger partial charge in [-0.15, -0.1) is 6.58 Å². The van der Waals surface area contributed by atoms with Crippen molar-refractivity contribution in [2.45, 2.75) is 13.5 Å². The maximum absolute atomic E-state index is 13.4. The van der Waals surface area contributed by atoms with Crippen LogP contribution in [-0.2, 0) is 11.3 Å². The van der Waals surface area contributed by atoms with Gasteiger partial charge >= 0.3 is 5.97 Å². The number of allylic oxidation sites excluding steroid dienone is 1. The van der Waals surface area contributed by atoms with Gasteiger partial charge in [0.05, 0.1) is 17.2 Å². The molecular weight excluding hydrogens is 406 g/mol. The first-order valence-electron chi connectivity index (χ1n) is 7.27. The van der Waals surface area contributed by atoms with Crippen LogP contribution >= 0.6 is 35.2 Å². The van der Waals surface area contributed by atoms with Gasteiger partial charge in [-0.2, -0.15) is 0 Å². The zero-order valence-corrected chi connectivity index (χ0v) is 15.9. The Morgan fingerprint density at radius 3 is 2.69 bits per heavy atom. The second kappa shape index (κ2) is 8.52. The molecule has 5 nitrogen and oxygen atoms in total. The van der Waals surface area contributed by atoms with E-state index in [2.05, 4.69) is 11.9 Å². The first-order valence-corrected chi connectivity index (χ1v) is 8.87. The maximum atomic E-state index is 13.4. The fourth-order valence-electron chi connectivity index (χ4n) is 2.03. The minimum atomic E-state index is -1.22. The molecule has 10 heteroatoms. The molecule has 1 heterocycles. The highest BCUT2D eigenvalue weighted by molar-refractivity contribution is 7.73. The van der Waals surface area contributed by atoms with E-state index in [4.69, 9.17) is 28.6 Å². The number of ether oxygens (including phenoxy) is 1. The van der Waals surface area contributed by atoms with E-state index >= 15 is 0 Å². The monoisotopic (exact) mass is 418 g/mol. The standard InChI is InChI=1S/C16H13ClF2N2O3S2/c1-3-5-21-13(12(26-16(21)25)15(23)24-4-2)20-14(22)8-6-10(18)11(19)7-9(8)17/h3,6-7H,1,4-5H2,2H3,(H,20,22). The topological polar surface area (TPSA) is 60.3 Å². The zero-order chi connectivity index (χ0) is 19.4. The van der Waals surface area contributed by atoms with Gasteiger partial charge in [-0.25, -0.2) is 13.6 Å². The zero-order valence-electron chi connectivity index (χ0n) is 13.5. The number of hydrogen-bond donors (Lipinski definition) is 1. The lowest BCUT2D eigenvalue weighted by molar-refractivity contribution is 0.0532. The van der Waals surface area contributed by atoms with Gasteiger partial charge in [-0.3, -0.25) is 4.79 Å². The molecule has 2 rings (SSSR count). The van der Waals surface area contributed by atoms with Crippen LogP contribution in [0.2, 0.25) is 5.02 Å². The number of amides is 1. The summed E-state index contributed by atoms with van der Waals surface area (Å²) in [5.74, 6) is -3.82. The number of halogens is 3. The molecule has 1 aromatic heterocycles. The Bertz CT molecular complexity index is 940. The highest BCUT2D eigenvalue weighted by Gasteiger charge is 2.23. The van der Waals surface area contributed by atoms with Crippen molar-refractivity contribution in [2.24, 2.45) is 0 Å². The van der Waals surface area contributed by atoms with Gasteiger partial charge in [-0.1, -0.05) is 29.0 Å². The molecular formula is C16H13ClF2N2O3S2. The van der Waals surface area contributed by atoms with Crippen LogP contribution in [0.3, 0.4) is 0 Å². The second-order valence-corrected chi connectivity index (χ2v) is 6.92. The quantitative estimate of drug-likeness (QED) is 0.316. The molecule has 0 aliphatic rings. The Balaban J connectivity index is 2.49. The van der Waals surface area contributed by atoms with Crippen LogP contribution in [0, 0.1) is 15.6 Å². The summed E-state index contributed by atoms with van der Waals surface area (Å²) < 4.78 is 33.4. The molecule has 1 N–H and O–H groups in total. The Morgan fingerprint density at radius 2 is 2.08 bits per heavy atom. The normalized spacial score (nSPS) is 10.5. The molecule has 1 amide bonds. The molecule has 0 aliphatic heterocycles. The van der Waals surface area contributed by atoms with E-state index in [-0.39, 0.29) is 34.4 Å². The van der Waals surface area contributed by atoms with Gasteiger partial charge in [0, 0.05) is 6.54 Å². The van der Waals surface area contributed by atoms with E-state index in [1.165, 1.54) is 10.6 Å². The summed E-state index contributed by atoms with van der Waals surface area (Å²) in [6.07, 6.45) is 1.53. The van der Waals surface area contributed by atoms with Gasteiger partial charge in [0.15, 0.2) is 20.5 Å². The van der Waals surface area contributed by atoms with Gasteiger partial charge in [-0.05, 0) is 31.3 Å². The summed E-state index contributed by atoms with van der Waals surface area (Å²) in [5.41, 5.74) is -0.289. The van der Waals surface area contributed by atoms with E-state index < -0.39 is 23.5 Å². The molecule has 0 aliphatic carbocycles. The Hall–Kier alpha value is -2.10. The number of carbonyl (C=O) groups excluding carboxylic acids is 2. The van der Waals surface area contributed by atoms with Crippen LogP contribution in [0.15, 0.2) is 24.8 Å². The highest BCUT2D eigenvalue weighted by atomic mass is 35.5. The minimum Gasteiger partial charge on any atom is -0.462 e. The Kier molecular flexibility index (Phi) is 6.63. The lowest BCUT2D eigenvalue weighted by atomic mass is 10.2. The number of anilines is 1. The maximum Gasteiger partial charge on any atom is 0.352 e. The van der Waals surface area contributed by atoms with Gasteiger partial charge in [0.2, 0.25) is 0 Å².